The minimum Gasteiger partial charge on any atom is -0.467 e. The van der Waals surface area contributed by atoms with Crippen LogP contribution >= 0.6 is 0 Å². The van der Waals surface area contributed by atoms with Crippen LogP contribution in [0.5, 0.6) is 0 Å². The molecule has 22 heavy (non-hydrogen) atoms. The van der Waals surface area contributed by atoms with Gasteiger partial charge in [0.2, 0.25) is 5.95 Å². The predicted octanol–water partition coefficient (Wildman–Crippen LogP) is 3.91. The summed E-state index contributed by atoms with van der Waals surface area (Å²) in [5.41, 5.74) is -1.46. The highest BCUT2D eigenvalue weighted by molar-refractivity contribution is 5.44. The lowest BCUT2D eigenvalue weighted by molar-refractivity contribution is -0.141. The fourth-order valence-electron chi connectivity index (χ4n) is 1.67. The van der Waals surface area contributed by atoms with Gasteiger partial charge in [0.1, 0.15) is 11.6 Å². The van der Waals surface area contributed by atoms with Crippen molar-refractivity contribution in [1.29, 1.82) is 0 Å². The van der Waals surface area contributed by atoms with Crippen LogP contribution in [-0.4, -0.2) is 15.5 Å². The van der Waals surface area contributed by atoms with E-state index < -0.39 is 17.4 Å². The quantitative estimate of drug-likeness (QED) is 0.896. The van der Waals surface area contributed by atoms with Crippen LogP contribution in [0, 0.1) is 0 Å². The molecule has 0 saturated heterocycles. The number of nitrogens with one attached hydrogen (secondary N) is 2. The summed E-state index contributed by atoms with van der Waals surface area (Å²) in [6, 6.07) is 4.29. The number of furan rings is 1. The van der Waals surface area contributed by atoms with Crippen molar-refractivity contribution in [3.63, 3.8) is 0 Å². The monoisotopic (exact) mass is 314 g/mol. The third-order valence-corrected chi connectivity index (χ3v) is 2.53. The van der Waals surface area contributed by atoms with Gasteiger partial charge in [0.05, 0.1) is 12.8 Å². The summed E-state index contributed by atoms with van der Waals surface area (Å²) in [6.45, 7) is 5.67. The molecule has 2 rings (SSSR count). The number of halogens is 3. The van der Waals surface area contributed by atoms with E-state index in [1.54, 1.807) is 12.1 Å². The third-order valence-electron chi connectivity index (χ3n) is 2.53. The fourth-order valence-corrected chi connectivity index (χ4v) is 1.67. The van der Waals surface area contributed by atoms with Crippen LogP contribution < -0.4 is 10.6 Å². The summed E-state index contributed by atoms with van der Waals surface area (Å²) >= 11 is 0. The first kappa shape index (κ1) is 16.1. The third kappa shape index (κ3) is 4.64. The number of alkyl halides is 3. The largest absolute Gasteiger partial charge is 0.467 e. The predicted molar refractivity (Wildman–Crippen MR) is 76.4 cm³/mol. The number of anilines is 2. The number of rotatable bonds is 4. The van der Waals surface area contributed by atoms with Gasteiger partial charge < -0.3 is 15.1 Å². The Labute approximate surface area is 126 Å². The van der Waals surface area contributed by atoms with E-state index in [4.69, 9.17) is 4.42 Å². The smallest absolute Gasteiger partial charge is 0.433 e. The summed E-state index contributed by atoms with van der Waals surface area (Å²) in [4.78, 5) is 7.58. The number of hydrogen-bond acceptors (Lipinski definition) is 5. The van der Waals surface area contributed by atoms with Crippen molar-refractivity contribution in [1.82, 2.24) is 9.97 Å². The van der Waals surface area contributed by atoms with Gasteiger partial charge in [0.15, 0.2) is 5.69 Å². The maximum atomic E-state index is 12.9. The molecule has 8 heteroatoms. The SMILES string of the molecule is CC(C)(C)Nc1nc(NCc2ccco2)cc(C(F)(F)F)n1. The van der Waals surface area contributed by atoms with Crippen LogP contribution in [0.1, 0.15) is 32.2 Å². The Balaban J connectivity index is 2.25. The Kier molecular flexibility index (Phi) is 4.30. The minimum absolute atomic E-state index is 0.0745. The number of hydrogen-bond donors (Lipinski definition) is 2. The summed E-state index contributed by atoms with van der Waals surface area (Å²) in [5.74, 6) is 0.590. The molecule has 2 aromatic heterocycles. The van der Waals surface area contributed by atoms with Crippen LogP contribution in [0.15, 0.2) is 28.9 Å². The minimum atomic E-state index is -4.54. The van der Waals surface area contributed by atoms with E-state index in [0.29, 0.717) is 5.76 Å². The molecule has 5 nitrogen and oxygen atoms in total. The molecule has 120 valence electrons. The van der Waals surface area contributed by atoms with Gasteiger partial charge in [-0.2, -0.15) is 18.2 Å². The molecule has 0 saturated carbocycles. The van der Waals surface area contributed by atoms with Crippen LogP contribution in [-0.2, 0) is 12.7 Å². The Bertz CT molecular complexity index is 618. The van der Waals surface area contributed by atoms with E-state index in [1.807, 2.05) is 20.8 Å². The van der Waals surface area contributed by atoms with Gasteiger partial charge in [-0.1, -0.05) is 0 Å². The molecular weight excluding hydrogens is 297 g/mol. The molecule has 0 unspecified atom stereocenters. The van der Waals surface area contributed by atoms with Gasteiger partial charge in [-0.05, 0) is 32.9 Å². The zero-order chi connectivity index (χ0) is 16.4. The second-order valence-corrected chi connectivity index (χ2v) is 5.77. The fraction of sp³-hybridized carbons (Fsp3) is 0.429. The highest BCUT2D eigenvalue weighted by atomic mass is 19.4. The van der Waals surface area contributed by atoms with Crippen LogP contribution in [0.3, 0.4) is 0 Å². The Morgan fingerprint density at radius 2 is 1.91 bits per heavy atom. The maximum Gasteiger partial charge on any atom is 0.433 e. The lowest BCUT2D eigenvalue weighted by Gasteiger charge is -2.21. The standard InChI is InChI=1S/C14H17F3N4O/c1-13(2,3)21-12-19-10(14(15,16)17)7-11(20-12)18-8-9-5-4-6-22-9/h4-7H,8H2,1-3H3,(H2,18,19,20,21). The lowest BCUT2D eigenvalue weighted by Crippen LogP contribution is -2.28. The van der Waals surface area contributed by atoms with Crippen molar-refractivity contribution in [2.75, 3.05) is 10.6 Å². The van der Waals surface area contributed by atoms with Gasteiger partial charge in [-0.15, -0.1) is 0 Å². The average Bonchev–Trinajstić information content (AvgIpc) is 2.86. The van der Waals surface area contributed by atoms with Crippen molar-refractivity contribution < 1.29 is 17.6 Å². The highest BCUT2D eigenvalue weighted by Gasteiger charge is 2.34. The van der Waals surface area contributed by atoms with Gasteiger partial charge in [0.25, 0.3) is 0 Å². The number of nitrogens with zero attached hydrogens (tertiary/aromatic N) is 2. The molecule has 0 spiro atoms. The van der Waals surface area contributed by atoms with Crippen LogP contribution in [0.4, 0.5) is 24.9 Å². The van der Waals surface area contributed by atoms with Gasteiger partial charge in [-0.25, -0.2) is 4.98 Å². The first-order chi connectivity index (χ1) is 10.1. The second-order valence-electron chi connectivity index (χ2n) is 5.77. The van der Waals surface area contributed by atoms with E-state index in [9.17, 15) is 13.2 Å². The topological polar surface area (TPSA) is 63.0 Å². The number of aromatic nitrogens is 2. The first-order valence-corrected chi connectivity index (χ1v) is 6.64. The molecule has 2 aromatic rings. The van der Waals surface area contributed by atoms with Crippen molar-refractivity contribution >= 4 is 11.8 Å². The average molecular weight is 314 g/mol. The molecule has 2 heterocycles. The van der Waals surface area contributed by atoms with Crippen molar-refractivity contribution in [2.24, 2.45) is 0 Å². The van der Waals surface area contributed by atoms with E-state index >= 15 is 0 Å². The van der Waals surface area contributed by atoms with E-state index in [-0.39, 0.29) is 18.3 Å². The Hall–Kier alpha value is -2.25. The molecule has 0 aliphatic heterocycles. The van der Waals surface area contributed by atoms with Crippen molar-refractivity contribution in [2.45, 2.75) is 39.0 Å². The van der Waals surface area contributed by atoms with E-state index in [0.717, 1.165) is 6.07 Å². The lowest BCUT2D eigenvalue weighted by atomic mass is 10.1. The molecule has 0 bridgehead atoms. The molecule has 0 atom stereocenters. The second kappa shape index (κ2) is 5.86. The summed E-state index contributed by atoms with van der Waals surface area (Å²) in [6.07, 6.45) is -3.05. The Morgan fingerprint density at radius 1 is 1.18 bits per heavy atom. The van der Waals surface area contributed by atoms with Crippen molar-refractivity contribution in [3.05, 3.63) is 35.9 Å². The first-order valence-electron chi connectivity index (χ1n) is 6.64. The molecule has 0 aliphatic carbocycles. The normalized spacial score (nSPS) is 12.3. The molecule has 0 aliphatic rings. The molecule has 0 amide bonds. The molecule has 0 radical (unpaired) electrons. The summed E-state index contributed by atoms with van der Waals surface area (Å²) in [5, 5.41) is 5.64. The van der Waals surface area contributed by atoms with Crippen LogP contribution in [0.2, 0.25) is 0 Å². The van der Waals surface area contributed by atoms with E-state index in [2.05, 4.69) is 20.6 Å². The molecular formula is C14H17F3N4O. The molecule has 0 aromatic carbocycles. The highest BCUT2D eigenvalue weighted by Crippen LogP contribution is 2.30. The Morgan fingerprint density at radius 3 is 2.45 bits per heavy atom. The summed E-state index contributed by atoms with van der Waals surface area (Å²) in [7, 11) is 0. The van der Waals surface area contributed by atoms with Crippen LogP contribution in [0.25, 0.3) is 0 Å². The van der Waals surface area contributed by atoms with Gasteiger partial charge >= 0.3 is 6.18 Å². The molecule has 0 fully saturated rings. The summed E-state index contributed by atoms with van der Waals surface area (Å²) < 4.78 is 43.9. The molecule has 2 N–H and O–H groups in total. The maximum absolute atomic E-state index is 12.9. The van der Waals surface area contributed by atoms with Gasteiger partial charge in [0, 0.05) is 11.6 Å². The van der Waals surface area contributed by atoms with E-state index in [1.165, 1.54) is 6.26 Å². The van der Waals surface area contributed by atoms with Crippen molar-refractivity contribution in [3.8, 4) is 0 Å². The zero-order valence-corrected chi connectivity index (χ0v) is 12.5. The van der Waals surface area contributed by atoms with Gasteiger partial charge in [-0.3, -0.25) is 0 Å². The zero-order valence-electron chi connectivity index (χ0n) is 12.5.